The Kier molecular flexibility index (Phi) is 5.47. The Balaban J connectivity index is 2.10. The van der Waals surface area contributed by atoms with Crippen molar-refractivity contribution in [1.29, 1.82) is 0 Å². The Bertz CT molecular complexity index is 922. The normalized spacial score (nSPS) is 19.2. The van der Waals surface area contributed by atoms with Gasteiger partial charge in [0, 0.05) is 23.5 Å². The van der Waals surface area contributed by atoms with Crippen LogP contribution >= 0.6 is 0 Å². The molecule has 2 aromatic rings. The zero-order chi connectivity index (χ0) is 20.6. The molecule has 3 heterocycles. The summed E-state index contributed by atoms with van der Waals surface area (Å²) in [6, 6.07) is 2.71. The third-order valence-electron chi connectivity index (χ3n) is 5.28. The number of hydrogen-bond acceptors (Lipinski definition) is 5. The molecule has 1 aliphatic heterocycles. The fourth-order valence-corrected chi connectivity index (χ4v) is 3.81. The average Bonchev–Trinajstić information content (AvgIpc) is 3.29. The van der Waals surface area contributed by atoms with E-state index in [4.69, 9.17) is 4.42 Å². The molecule has 0 bridgehead atoms. The zero-order valence-electron chi connectivity index (χ0n) is 17.0. The number of nitrogens with one attached hydrogen (secondary N) is 1. The molecule has 0 spiro atoms. The lowest BCUT2D eigenvalue weighted by Gasteiger charge is -2.24. The molecule has 2 N–H and O–H groups in total. The van der Waals surface area contributed by atoms with Crippen molar-refractivity contribution in [3.8, 4) is 0 Å². The van der Waals surface area contributed by atoms with Crippen LogP contribution in [0.5, 0.6) is 0 Å². The highest BCUT2D eigenvalue weighted by molar-refractivity contribution is 6.46. The molecule has 0 aromatic carbocycles. The minimum atomic E-state index is -0.730. The van der Waals surface area contributed by atoms with Gasteiger partial charge in [-0.05, 0) is 65.5 Å². The lowest BCUT2D eigenvalue weighted by molar-refractivity contribution is -0.140. The van der Waals surface area contributed by atoms with Crippen LogP contribution in [0.15, 0.2) is 28.4 Å². The first-order valence-corrected chi connectivity index (χ1v) is 9.36. The molecular weight excluding hydrogens is 358 g/mol. The van der Waals surface area contributed by atoms with E-state index in [9.17, 15) is 14.7 Å². The minimum Gasteiger partial charge on any atom is -0.507 e. The smallest absolute Gasteiger partial charge is 0.295 e. The topological polar surface area (TPSA) is 89.8 Å². The standard InChI is InChI=1S/C21H27N3O4/c1-12-13(2)22-14(3)16(12)19(25)17-18(15-8-6-11-28-15)24(21(27)20(17)26)10-7-9-23(4)5/h6,8,11,18,22,25H,7,9-10H2,1-5H3/b19-17+. The summed E-state index contributed by atoms with van der Waals surface area (Å²) in [5.74, 6) is -0.979. The van der Waals surface area contributed by atoms with Gasteiger partial charge in [-0.1, -0.05) is 0 Å². The molecule has 1 aliphatic rings. The van der Waals surface area contributed by atoms with Gasteiger partial charge in [-0.2, -0.15) is 0 Å². The molecule has 1 atom stereocenters. The maximum absolute atomic E-state index is 12.9. The van der Waals surface area contributed by atoms with Crippen LogP contribution in [0.1, 0.15) is 40.7 Å². The van der Waals surface area contributed by atoms with Crippen LogP contribution in [0.2, 0.25) is 0 Å². The number of furan rings is 1. The maximum atomic E-state index is 12.9. The number of amides is 1. The monoisotopic (exact) mass is 385 g/mol. The predicted molar refractivity (Wildman–Crippen MR) is 106 cm³/mol. The number of likely N-dealkylation sites (tertiary alicyclic amines) is 1. The fourth-order valence-electron chi connectivity index (χ4n) is 3.81. The highest BCUT2D eigenvalue weighted by Crippen LogP contribution is 2.40. The summed E-state index contributed by atoms with van der Waals surface area (Å²) in [7, 11) is 3.91. The summed E-state index contributed by atoms with van der Waals surface area (Å²) in [4.78, 5) is 32.4. The van der Waals surface area contributed by atoms with E-state index in [2.05, 4.69) is 4.98 Å². The summed E-state index contributed by atoms with van der Waals surface area (Å²) < 4.78 is 5.54. The highest BCUT2D eigenvalue weighted by atomic mass is 16.3. The van der Waals surface area contributed by atoms with Crippen LogP contribution in [0, 0.1) is 20.8 Å². The van der Waals surface area contributed by atoms with Crippen molar-refractivity contribution in [2.45, 2.75) is 33.2 Å². The summed E-state index contributed by atoms with van der Waals surface area (Å²) in [5.41, 5.74) is 3.17. The molecule has 150 valence electrons. The SMILES string of the molecule is Cc1[nH]c(C)c(/C(O)=C2\C(=O)C(=O)N(CCCN(C)C)C2c2ccco2)c1C. The van der Waals surface area contributed by atoms with Crippen molar-refractivity contribution in [2.75, 3.05) is 27.2 Å². The number of carbonyl (C=O) groups excluding carboxylic acids is 2. The second-order valence-electron chi connectivity index (χ2n) is 7.54. The maximum Gasteiger partial charge on any atom is 0.295 e. The number of aromatic nitrogens is 1. The molecular formula is C21H27N3O4. The molecule has 1 fully saturated rings. The van der Waals surface area contributed by atoms with E-state index in [1.54, 1.807) is 12.1 Å². The number of rotatable bonds is 6. The molecule has 0 saturated carbocycles. The number of H-pyrrole nitrogens is 1. The fraction of sp³-hybridized carbons (Fsp3) is 0.429. The number of ketones is 1. The lowest BCUT2D eigenvalue weighted by atomic mass is 9.97. The summed E-state index contributed by atoms with van der Waals surface area (Å²) >= 11 is 0. The molecule has 1 unspecified atom stereocenters. The van der Waals surface area contributed by atoms with Crippen molar-refractivity contribution in [3.63, 3.8) is 0 Å². The number of carbonyl (C=O) groups is 2. The number of hydrogen-bond donors (Lipinski definition) is 2. The van der Waals surface area contributed by atoms with Gasteiger partial charge in [0.1, 0.15) is 17.6 Å². The van der Waals surface area contributed by atoms with Gasteiger partial charge in [0.15, 0.2) is 0 Å². The summed E-state index contributed by atoms with van der Waals surface area (Å²) in [6.07, 6.45) is 2.21. The Morgan fingerprint density at radius 2 is 1.96 bits per heavy atom. The van der Waals surface area contributed by atoms with Gasteiger partial charge in [-0.15, -0.1) is 0 Å². The van der Waals surface area contributed by atoms with Crippen LogP contribution in [0.4, 0.5) is 0 Å². The van der Waals surface area contributed by atoms with E-state index in [-0.39, 0.29) is 11.3 Å². The summed E-state index contributed by atoms with van der Waals surface area (Å²) in [5, 5.41) is 11.1. The number of nitrogens with zero attached hydrogens (tertiary/aromatic N) is 2. The van der Waals surface area contributed by atoms with Gasteiger partial charge in [0.05, 0.1) is 11.8 Å². The molecule has 28 heavy (non-hydrogen) atoms. The predicted octanol–water partition coefficient (Wildman–Crippen LogP) is 2.91. The zero-order valence-corrected chi connectivity index (χ0v) is 17.0. The van der Waals surface area contributed by atoms with Crippen LogP contribution in [0.25, 0.3) is 5.76 Å². The third kappa shape index (κ3) is 3.38. The van der Waals surface area contributed by atoms with Crippen LogP contribution in [-0.4, -0.2) is 58.8 Å². The number of Topliss-reactive ketones (excluding diaryl/α,β-unsaturated/α-hetero) is 1. The Morgan fingerprint density at radius 1 is 1.25 bits per heavy atom. The van der Waals surface area contributed by atoms with Crippen molar-refractivity contribution in [1.82, 2.24) is 14.8 Å². The average molecular weight is 385 g/mol. The van der Waals surface area contributed by atoms with Crippen molar-refractivity contribution in [2.24, 2.45) is 0 Å². The van der Waals surface area contributed by atoms with Gasteiger partial charge in [0.2, 0.25) is 0 Å². The van der Waals surface area contributed by atoms with Crippen molar-refractivity contribution in [3.05, 3.63) is 52.2 Å². The number of aliphatic hydroxyl groups excluding tert-OH is 1. The van der Waals surface area contributed by atoms with E-state index < -0.39 is 17.7 Å². The molecule has 2 aromatic heterocycles. The molecule has 1 amide bonds. The van der Waals surface area contributed by atoms with E-state index >= 15 is 0 Å². The van der Waals surface area contributed by atoms with Gasteiger partial charge < -0.3 is 24.3 Å². The van der Waals surface area contributed by atoms with Gasteiger partial charge in [-0.3, -0.25) is 9.59 Å². The Hall–Kier alpha value is -2.80. The second-order valence-corrected chi connectivity index (χ2v) is 7.54. The number of aliphatic hydroxyl groups is 1. The van der Waals surface area contributed by atoms with Crippen LogP contribution in [0.3, 0.4) is 0 Å². The molecule has 7 nitrogen and oxygen atoms in total. The number of aromatic amines is 1. The van der Waals surface area contributed by atoms with Gasteiger partial charge in [0.25, 0.3) is 11.7 Å². The third-order valence-corrected chi connectivity index (χ3v) is 5.28. The lowest BCUT2D eigenvalue weighted by Crippen LogP contribution is -2.32. The first-order chi connectivity index (χ1) is 13.2. The van der Waals surface area contributed by atoms with E-state index in [0.717, 1.165) is 23.5 Å². The number of aryl methyl sites for hydroxylation is 2. The van der Waals surface area contributed by atoms with E-state index in [1.165, 1.54) is 11.2 Å². The molecule has 3 rings (SSSR count). The quantitative estimate of drug-likeness (QED) is 0.453. The first kappa shape index (κ1) is 19.9. The Labute approximate surface area is 164 Å². The van der Waals surface area contributed by atoms with Gasteiger partial charge in [-0.25, -0.2) is 0 Å². The van der Waals surface area contributed by atoms with Crippen molar-refractivity contribution >= 4 is 17.4 Å². The molecule has 0 aliphatic carbocycles. The van der Waals surface area contributed by atoms with E-state index in [0.29, 0.717) is 24.3 Å². The molecule has 7 heteroatoms. The minimum absolute atomic E-state index is 0.0787. The summed E-state index contributed by atoms with van der Waals surface area (Å²) in [6.45, 7) is 6.80. The first-order valence-electron chi connectivity index (χ1n) is 9.36. The Morgan fingerprint density at radius 3 is 2.50 bits per heavy atom. The molecule has 0 radical (unpaired) electrons. The highest BCUT2D eigenvalue weighted by Gasteiger charge is 2.47. The largest absolute Gasteiger partial charge is 0.507 e. The van der Waals surface area contributed by atoms with Crippen LogP contribution < -0.4 is 0 Å². The molecule has 1 saturated heterocycles. The van der Waals surface area contributed by atoms with Gasteiger partial charge >= 0.3 is 0 Å². The van der Waals surface area contributed by atoms with Crippen LogP contribution in [-0.2, 0) is 9.59 Å². The van der Waals surface area contributed by atoms with E-state index in [1.807, 2.05) is 39.8 Å². The second kappa shape index (κ2) is 7.67. The van der Waals surface area contributed by atoms with Crippen molar-refractivity contribution < 1.29 is 19.1 Å².